The molecular weight excluding hydrogens is 218 g/mol. The topological polar surface area (TPSA) is 48.3 Å². The van der Waals surface area contributed by atoms with E-state index in [-0.39, 0.29) is 12.3 Å². The molecule has 1 aromatic heterocycles. The second kappa shape index (κ2) is 7.42. The van der Waals surface area contributed by atoms with E-state index in [1.54, 1.807) is 6.20 Å². The first-order chi connectivity index (χ1) is 8.19. The fraction of sp³-hybridized carbons (Fsp3) is 0.750. The number of nitrogens with one attached hydrogen (secondary N) is 1. The smallest absolute Gasteiger partial charge is 0.169 e. The Morgan fingerprint density at radius 3 is 2.47 bits per heavy atom. The molecule has 0 saturated carbocycles. The van der Waals surface area contributed by atoms with Gasteiger partial charge in [-0.25, -0.2) is 4.98 Å². The van der Waals surface area contributed by atoms with Gasteiger partial charge in [-0.1, -0.05) is 0 Å². The van der Waals surface area contributed by atoms with Crippen LogP contribution in [0.25, 0.3) is 0 Å². The molecule has 1 atom stereocenters. The van der Waals surface area contributed by atoms with E-state index in [0.29, 0.717) is 19.8 Å². The summed E-state index contributed by atoms with van der Waals surface area (Å²) in [5.41, 5.74) is 0. The molecule has 1 rings (SSSR count). The van der Waals surface area contributed by atoms with E-state index in [4.69, 9.17) is 9.47 Å². The van der Waals surface area contributed by atoms with Crippen LogP contribution in [-0.4, -0.2) is 35.6 Å². The van der Waals surface area contributed by atoms with E-state index in [9.17, 15) is 0 Å². The standard InChI is InChI=1S/C12H23N3O2/c1-5-16-11(17-6-2)9-14-10(3)12-13-7-8-15(12)4/h7-8,10-11,14H,5-6,9H2,1-4H3. The Morgan fingerprint density at radius 2 is 2.00 bits per heavy atom. The number of hydrogen-bond acceptors (Lipinski definition) is 4. The fourth-order valence-corrected chi connectivity index (χ4v) is 1.70. The van der Waals surface area contributed by atoms with Crippen LogP contribution in [0, 0.1) is 0 Å². The van der Waals surface area contributed by atoms with Crippen LogP contribution in [0.1, 0.15) is 32.6 Å². The predicted octanol–water partition coefficient (Wildman–Crippen LogP) is 1.47. The molecule has 0 saturated heterocycles. The van der Waals surface area contributed by atoms with E-state index in [1.807, 2.05) is 31.7 Å². The number of aryl methyl sites for hydroxylation is 1. The minimum absolute atomic E-state index is 0.179. The molecule has 0 aliphatic rings. The van der Waals surface area contributed by atoms with Crippen molar-refractivity contribution in [2.45, 2.75) is 33.1 Å². The third-order valence-electron chi connectivity index (χ3n) is 2.54. The van der Waals surface area contributed by atoms with Crippen molar-refractivity contribution in [2.75, 3.05) is 19.8 Å². The minimum atomic E-state index is -0.187. The number of nitrogens with zero attached hydrogens (tertiary/aromatic N) is 2. The van der Waals surface area contributed by atoms with E-state index in [0.717, 1.165) is 5.82 Å². The summed E-state index contributed by atoms with van der Waals surface area (Å²) >= 11 is 0. The molecule has 0 fully saturated rings. The van der Waals surface area contributed by atoms with Crippen LogP contribution in [0.15, 0.2) is 12.4 Å². The predicted molar refractivity (Wildman–Crippen MR) is 66.7 cm³/mol. The van der Waals surface area contributed by atoms with Crippen molar-refractivity contribution >= 4 is 0 Å². The molecule has 0 radical (unpaired) electrons. The van der Waals surface area contributed by atoms with Crippen LogP contribution in [-0.2, 0) is 16.5 Å². The molecule has 0 aliphatic heterocycles. The van der Waals surface area contributed by atoms with Gasteiger partial charge in [-0.15, -0.1) is 0 Å². The van der Waals surface area contributed by atoms with Gasteiger partial charge in [0.2, 0.25) is 0 Å². The molecule has 1 heterocycles. The molecule has 0 amide bonds. The first kappa shape index (κ1) is 14.2. The first-order valence-corrected chi connectivity index (χ1v) is 6.12. The summed E-state index contributed by atoms with van der Waals surface area (Å²) in [6.07, 6.45) is 3.55. The lowest BCUT2D eigenvalue weighted by Gasteiger charge is -2.20. The Bertz CT molecular complexity index is 308. The zero-order valence-corrected chi connectivity index (χ0v) is 11.1. The van der Waals surface area contributed by atoms with Gasteiger partial charge in [0.15, 0.2) is 6.29 Å². The van der Waals surface area contributed by atoms with E-state index >= 15 is 0 Å². The maximum atomic E-state index is 5.47. The molecule has 5 nitrogen and oxygen atoms in total. The highest BCUT2D eigenvalue weighted by molar-refractivity contribution is 4.96. The molecule has 1 aromatic rings. The van der Waals surface area contributed by atoms with Gasteiger partial charge < -0.3 is 19.4 Å². The molecule has 1 N–H and O–H groups in total. The Balaban J connectivity index is 2.40. The van der Waals surface area contributed by atoms with Crippen LogP contribution in [0.5, 0.6) is 0 Å². The van der Waals surface area contributed by atoms with Crippen molar-refractivity contribution in [3.05, 3.63) is 18.2 Å². The van der Waals surface area contributed by atoms with Crippen molar-refractivity contribution in [3.63, 3.8) is 0 Å². The largest absolute Gasteiger partial charge is 0.352 e. The lowest BCUT2D eigenvalue weighted by molar-refractivity contribution is -0.133. The number of ether oxygens (including phenoxy) is 2. The lowest BCUT2D eigenvalue weighted by atomic mass is 10.3. The Kier molecular flexibility index (Phi) is 6.18. The number of aromatic nitrogens is 2. The number of rotatable bonds is 8. The van der Waals surface area contributed by atoms with Crippen LogP contribution >= 0.6 is 0 Å². The summed E-state index contributed by atoms with van der Waals surface area (Å²) in [4.78, 5) is 4.30. The molecule has 0 aromatic carbocycles. The van der Waals surface area contributed by atoms with Crippen LogP contribution in [0.3, 0.4) is 0 Å². The summed E-state index contributed by atoms with van der Waals surface area (Å²) in [5.74, 6) is 1.01. The lowest BCUT2D eigenvalue weighted by Crippen LogP contribution is -2.34. The van der Waals surface area contributed by atoms with Gasteiger partial charge in [-0.3, -0.25) is 0 Å². The Labute approximate surface area is 103 Å². The van der Waals surface area contributed by atoms with Crippen LogP contribution < -0.4 is 5.32 Å². The molecule has 0 aliphatic carbocycles. The molecule has 98 valence electrons. The average molecular weight is 241 g/mol. The van der Waals surface area contributed by atoms with Gasteiger partial charge in [-0.2, -0.15) is 0 Å². The maximum absolute atomic E-state index is 5.47. The second-order valence-electron chi connectivity index (χ2n) is 3.87. The van der Waals surface area contributed by atoms with Gasteiger partial charge in [0.25, 0.3) is 0 Å². The molecule has 0 spiro atoms. The molecule has 5 heteroatoms. The normalized spacial score (nSPS) is 13.2. The maximum Gasteiger partial charge on any atom is 0.169 e. The zero-order chi connectivity index (χ0) is 12.7. The monoisotopic (exact) mass is 241 g/mol. The van der Waals surface area contributed by atoms with Gasteiger partial charge in [0.1, 0.15) is 5.82 Å². The molecule has 1 unspecified atom stereocenters. The highest BCUT2D eigenvalue weighted by atomic mass is 16.7. The highest BCUT2D eigenvalue weighted by Crippen LogP contribution is 2.08. The van der Waals surface area contributed by atoms with Gasteiger partial charge >= 0.3 is 0 Å². The third-order valence-corrected chi connectivity index (χ3v) is 2.54. The molecule has 0 bridgehead atoms. The van der Waals surface area contributed by atoms with E-state index in [1.165, 1.54) is 0 Å². The van der Waals surface area contributed by atoms with Gasteiger partial charge in [0.05, 0.1) is 6.04 Å². The molecular formula is C12H23N3O2. The number of imidazole rings is 1. The fourth-order valence-electron chi connectivity index (χ4n) is 1.70. The zero-order valence-electron chi connectivity index (χ0n) is 11.1. The first-order valence-electron chi connectivity index (χ1n) is 6.12. The average Bonchev–Trinajstić information content (AvgIpc) is 2.72. The van der Waals surface area contributed by atoms with Crippen LogP contribution in [0.4, 0.5) is 0 Å². The van der Waals surface area contributed by atoms with Crippen molar-refractivity contribution in [2.24, 2.45) is 7.05 Å². The summed E-state index contributed by atoms with van der Waals surface area (Å²) in [5, 5.41) is 3.36. The summed E-state index contributed by atoms with van der Waals surface area (Å²) < 4.78 is 12.9. The van der Waals surface area contributed by atoms with E-state index < -0.39 is 0 Å². The quantitative estimate of drug-likeness (QED) is 0.700. The Hall–Kier alpha value is -0.910. The third kappa shape index (κ3) is 4.46. The second-order valence-corrected chi connectivity index (χ2v) is 3.87. The SMILES string of the molecule is CCOC(CNC(C)c1nccn1C)OCC. The van der Waals surface area contributed by atoms with E-state index in [2.05, 4.69) is 17.2 Å². The van der Waals surface area contributed by atoms with Gasteiger partial charge in [-0.05, 0) is 20.8 Å². The number of hydrogen-bond donors (Lipinski definition) is 1. The highest BCUT2D eigenvalue weighted by Gasteiger charge is 2.13. The van der Waals surface area contributed by atoms with Crippen molar-refractivity contribution in [1.82, 2.24) is 14.9 Å². The summed E-state index contributed by atoms with van der Waals surface area (Å²) in [6, 6.07) is 0.179. The molecule has 17 heavy (non-hydrogen) atoms. The Morgan fingerprint density at radius 1 is 1.35 bits per heavy atom. The van der Waals surface area contributed by atoms with Crippen molar-refractivity contribution < 1.29 is 9.47 Å². The van der Waals surface area contributed by atoms with Crippen molar-refractivity contribution in [1.29, 1.82) is 0 Å². The van der Waals surface area contributed by atoms with Gasteiger partial charge in [0, 0.05) is 39.2 Å². The summed E-state index contributed by atoms with van der Waals surface area (Å²) in [6.45, 7) is 7.99. The van der Waals surface area contributed by atoms with Crippen molar-refractivity contribution in [3.8, 4) is 0 Å². The van der Waals surface area contributed by atoms with Crippen LogP contribution in [0.2, 0.25) is 0 Å². The summed E-state index contributed by atoms with van der Waals surface area (Å²) in [7, 11) is 1.99. The minimum Gasteiger partial charge on any atom is -0.352 e.